The molecule has 32 heavy (non-hydrogen) atoms. The Hall–Kier alpha value is -2.51. The van der Waals surface area contributed by atoms with E-state index in [2.05, 4.69) is 18.2 Å². The summed E-state index contributed by atoms with van der Waals surface area (Å²) in [5.74, 6) is 0.628. The Labute approximate surface area is 196 Å². The van der Waals surface area contributed by atoms with Crippen molar-refractivity contribution in [2.45, 2.75) is 32.1 Å². The molecule has 166 valence electrons. The topological polar surface area (TPSA) is 53.5 Å². The van der Waals surface area contributed by atoms with Gasteiger partial charge in [0.05, 0.1) is 17.0 Å². The Balaban J connectivity index is 1.28. The maximum Gasteiger partial charge on any atom is 0.228 e. The summed E-state index contributed by atoms with van der Waals surface area (Å²) >= 11 is 3.26. The average molecular weight is 466 g/mol. The first-order chi connectivity index (χ1) is 15.7. The minimum atomic E-state index is 0.124. The molecule has 1 aliphatic carbocycles. The third kappa shape index (κ3) is 4.50. The molecule has 1 aromatic carbocycles. The van der Waals surface area contributed by atoms with Gasteiger partial charge in [0.2, 0.25) is 11.8 Å². The van der Waals surface area contributed by atoms with Gasteiger partial charge in [0.1, 0.15) is 5.01 Å². The number of carbonyl (C=O) groups is 2. The van der Waals surface area contributed by atoms with E-state index in [1.54, 1.807) is 22.7 Å². The van der Waals surface area contributed by atoms with Gasteiger partial charge in [-0.25, -0.2) is 4.98 Å². The second-order valence-electron chi connectivity index (χ2n) is 8.50. The summed E-state index contributed by atoms with van der Waals surface area (Å²) in [6.07, 6.45) is 4.74. The van der Waals surface area contributed by atoms with Gasteiger partial charge in [-0.3, -0.25) is 9.59 Å². The van der Waals surface area contributed by atoms with Gasteiger partial charge in [0, 0.05) is 42.5 Å². The average Bonchev–Trinajstić information content (AvgIpc) is 3.61. The molecule has 0 atom stereocenters. The van der Waals surface area contributed by atoms with Crippen molar-refractivity contribution in [2.24, 2.45) is 5.92 Å². The van der Waals surface area contributed by atoms with Gasteiger partial charge in [-0.05, 0) is 24.3 Å². The third-order valence-corrected chi connectivity index (χ3v) is 8.41. The van der Waals surface area contributed by atoms with Gasteiger partial charge in [0.25, 0.3) is 0 Å². The van der Waals surface area contributed by atoms with Crippen molar-refractivity contribution in [1.82, 2.24) is 14.8 Å². The van der Waals surface area contributed by atoms with Crippen LogP contribution in [0.25, 0.3) is 21.1 Å². The van der Waals surface area contributed by atoms with Gasteiger partial charge < -0.3 is 9.80 Å². The Morgan fingerprint density at radius 1 is 0.938 bits per heavy atom. The van der Waals surface area contributed by atoms with Gasteiger partial charge in [-0.15, -0.1) is 22.7 Å². The predicted molar refractivity (Wildman–Crippen MR) is 130 cm³/mol. The van der Waals surface area contributed by atoms with Crippen molar-refractivity contribution in [2.75, 3.05) is 26.2 Å². The van der Waals surface area contributed by atoms with Crippen molar-refractivity contribution in [1.29, 1.82) is 0 Å². The highest BCUT2D eigenvalue weighted by Gasteiger charge is 2.31. The van der Waals surface area contributed by atoms with Crippen molar-refractivity contribution < 1.29 is 9.59 Å². The Kier molecular flexibility index (Phi) is 6.37. The van der Waals surface area contributed by atoms with Crippen molar-refractivity contribution in [3.05, 3.63) is 52.7 Å². The number of amides is 2. The molecule has 2 fully saturated rings. The number of rotatable bonds is 5. The number of hydrogen-bond acceptors (Lipinski definition) is 5. The lowest BCUT2D eigenvalue weighted by atomic mass is 10.1. The van der Waals surface area contributed by atoms with Crippen molar-refractivity contribution in [3.8, 4) is 21.1 Å². The van der Waals surface area contributed by atoms with E-state index in [-0.39, 0.29) is 11.8 Å². The van der Waals surface area contributed by atoms with E-state index in [9.17, 15) is 9.59 Å². The molecule has 0 spiro atoms. The summed E-state index contributed by atoms with van der Waals surface area (Å²) in [7, 11) is 0. The monoisotopic (exact) mass is 465 g/mol. The standard InChI is InChI=1S/C25H27N3O2S2/c29-22(27-12-14-28(15-13-27)25(30)19-9-4-5-10-19)17-21-23(20-11-6-16-31-20)26-24(32-21)18-7-2-1-3-8-18/h1-3,6-8,11,16,19H,4-5,9-10,12-15,17H2. The maximum absolute atomic E-state index is 13.2. The van der Waals surface area contributed by atoms with E-state index in [1.165, 1.54) is 12.8 Å². The minimum Gasteiger partial charge on any atom is -0.339 e. The fraction of sp³-hybridized carbons (Fsp3) is 0.400. The number of piperazine rings is 1. The van der Waals surface area contributed by atoms with Gasteiger partial charge >= 0.3 is 0 Å². The molecule has 3 aromatic rings. The molecule has 5 rings (SSSR count). The highest BCUT2D eigenvalue weighted by atomic mass is 32.1. The Morgan fingerprint density at radius 3 is 2.34 bits per heavy atom. The largest absolute Gasteiger partial charge is 0.339 e. The zero-order chi connectivity index (χ0) is 21.9. The molecule has 7 heteroatoms. The molecule has 1 aliphatic heterocycles. The molecule has 2 amide bonds. The van der Waals surface area contributed by atoms with Crippen LogP contribution in [0.15, 0.2) is 47.8 Å². The van der Waals surface area contributed by atoms with Crippen LogP contribution in [0.5, 0.6) is 0 Å². The lowest BCUT2D eigenvalue weighted by Crippen LogP contribution is -2.52. The summed E-state index contributed by atoms with van der Waals surface area (Å²) in [4.78, 5) is 36.8. The first kappa shape index (κ1) is 21.3. The van der Waals surface area contributed by atoms with Crippen LogP contribution >= 0.6 is 22.7 Å². The van der Waals surface area contributed by atoms with Crippen LogP contribution in [0.2, 0.25) is 0 Å². The zero-order valence-electron chi connectivity index (χ0n) is 18.0. The van der Waals surface area contributed by atoms with E-state index in [0.717, 1.165) is 38.9 Å². The number of aromatic nitrogens is 1. The van der Waals surface area contributed by atoms with E-state index < -0.39 is 0 Å². The lowest BCUT2D eigenvalue weighted by Gasteiger charge is -2.36. The fourth-order valence-corrected chi connectivity index (χ4v) is 6.52. The molecule has 0 radical (unpaired) electrons. The van der Waals surface area contributed by atoms with Crippen LogP contribution in [-0.4, -0.2) is 52.8 Å². The fourth-order valence-electron chi connectivity index (χ4n) is 4.64. The number of nitrogens with zero attached hydrogens (tertiary/aromatic N) is 3. The number of benzene rings is 1. The van der Waals surface area contributed by atoms with Crippen molar-refractivity contribution in [3.63, 3.8) is 0 Å². The Morgan fingerprint density at radius 2 is 1.66 bits per heavy atom. The summed E-state index contributed by atoms with van der Waals surface area (Å²) < 4.78 is 0. The van der Waals surface area contributed by atoms with Crippen LogP contribution in [0.3, 0.4) is 0 Å². The number of thiazole rings is 1. The molecule has 0 unspecified atom stereocenters. The predicted octanol–water partition coefficient (Wildman–Crippen LogP) is 4.94. The second kappa shape index (κ2) is 9.55. The summed E-state index contributed by atoms with van der Waals surface area (Å²) in [5.41, 5.74) is 2.00. The number of hydrogen-bond donors (Lipinski definition) is 0. The van der Waals surface area contributed by atoms with Gasteiger partial charge in [-0.2, -0.15) is 0 Å². The van der Waals surface area contributed by atoms with Gasteiger partial charge in [-0.1, -0.05) is 49.2 Å². The summed E-state index contributed by atoms with van der Waals surface area (Å²) in [5, 5.41) is 2.99. The highest BCUT2D eigenvalue weighted by molar-refractivity contribution is 7.17. The molecule has 3 heterocycles. The molecule has 5 nitrogen and oxygen atoms in total. The normalized spacial score (nSPS) is 17.1. The van der Waals surface area contributed by atoms with Gasteiger partial charge in [0.15, 0.2) is 0 Å². The molecule has 2 aromatic heterocycles. The molecular weight excluding hydrogens is 438 g/mol. The molecule has 2 aliphatic rings. The number of thiophene rings is 1. The molecular formula is C25H27N3O2S2. The zero-order valence-corrected chi connectivity index (χ0v) is 19.7. The van der Waals surface area contributed by atoms with Crippen molar-refractivity contribution >= 4 is 34.5 Å². The first-order valence-electron chi connectivity index (χ1n) is 11.3. The molecule has 1 saturated carbocycles. The Bertz CT molecular complexity index is 1060. The van der Waals surface area contributed by atoms with E-state index in [0.29, 0.717) is 38.5 Å². The number of carbonyl (C=O) groups excluding carboxylic acids is 2. The molecule has 0 bridgehead atoms. The van der Waals surface area contributed by atoms with E-state index >= 15 is 0 Å². The molecule has 0 N–H and O–H groups in total. The third-order valence-electron chi connectivity index (χ3n) is 6.43. The van der Waals surface area contributed by atoms with E-state index in [1.807, 2.05) is 39.4 Å². The van der Waals surface area contributed by atoms with E-state index in [4.69, 9.17) is 4.98 Å². The van der Waals surface area contributed by atoms with Crippen LogP contribution in [0, 0.1) is 5.92 Å². The minimum absolute atomic E-state index is 0.124. The first-order valence-corrected chi connectivity index (χ1v) is 13.0. The summed E-state index contributed by atoms with van der Waals surface area (Å²) in [6, 6.07) is 14.2. The smallest absolute Gasteiger partial charge is 0.228 e. The lowest BCUT2D eigenvalue weighted by molar-refractivity contribution is -0.141. The maximum atomic E-state index is 13.2. The molecule has 1 saturated heterocycles. The highest BCUT2D eigenvalue weighted by Crippen LogP contribution is 2.36. The SMILES string of the molecule is O=C(Cc1sc(-c2ccccc2)nc1-c1cccs1)N1CCN(C(=O)C2CCCC2)CC1. The quantitative estimate of drug-likeness (QED) is 0.536. The van der Waals surface area contributed by atoms with Crippen LogP contribution in [0.1, 0.15) is 30.6 Å². The van der Waals surface area contributed by atoms with Crippen LogP contribution in [-0.2, 0) is 16.0 Å². The second-order valence-corrected chi connectivity index (χ2v) is 10.5. The summed E-state index contributed by atoms with van der Waals surface area (Å²) in [6.45, 7) is 2.54. The van der Waals surface area contributed by atoms with Crippen LogP contribution < -0.4 is 0 Å². The van der Waals surface area contributed by atoms with Crippen LogP contribution in [0.4, 0.5) is 0 Å².